The normalized spacial score (nSPS) is 10.6. The van der Waals surface area contributed by atoms with Gasteiger partial charge in [-0.3, -0.25) is 10.1 Å². The molecule has 0 unspecified atom stereocenters. The zero-order chi connectivity index (χ0) is 21.5. The second-order valence-electron chi connectivity index (χ2n) is 6.54. The summed E-state index contributed by atoms with van der Waals surface area (Å²) in [5.41, 5.74) is 2.82. The topological polar surface area (TPSA) is 73.6 Å². The molecule has 0 bridgehead atoms. The van der Waals surface area contributed by atoms with Crippen LogP contribution in [0.25, 0.3) is 0 Å². The molecule has 0 fully saturated rings. The quantitative estimate of drug-likeness (QED) is 0.333. The monoisotopic (exact) mass is 474 g/mol. The van der Waals surface area contributed by atoms with Gasteiger partial charge in [0, 0.05) is 29.7 Å². The van der Waals surface area contributed by atoms with Gasteiger partial charge in [-0.25, -0.2) is 4.39 Å². The fourth-order valence-electron chi connectivity index (χ4n) is 2.80. The molecule has 6 nitrogen and oxygen atoms in total. The smallest absolute Gasteiger partial charge is 0.269 e. The zero-order valence-electron chi connectivity index (χ0n) is 16.2. The summed E-state index contributed by atoms with van der Waals surface area (Å²) in [5.74, 6) is 0.888. The molecule has 8 heteroatoms. The number of benzene rings is 3. The molecule has 0 aliphatic rings. The number of methoxy groups -OCH3 is 1. The predicted molar refractivity (Wildman–Crippen MR) is 115 cm³/mol. The first-order chi connectivity index (χ1) is 14.5. The minimum Gasteiger partial charge on any atom is -0.493 e. The highest BCUT2D eigenvalue weighted by atomic mass is 79.9. The van der Waals surface area contributed by atoms with Crippen LogP contribution in [-0.2, 0) is 19.7 Å². The van der Waals surface area contributed by atoms with E-state index >= 15 is 0 Å². The summed E-state index contributed by atoms with van der Waals surface area (Å²) < 4.78 is 25.2. The van der Waals surface area contributed by atoms with Crippen LogP contribution in [0.1, 0.15) is 16.7 Å². The van der Waals surface area contributed by atoms with Crippen LogP contribution in [0.2, 0.25) is 0 Å². The van der Waals surface area contributed by atoms with Gasteiger partial charge in [0.2, 0.25) is 0 Å². The molecule has 0 saturated heterocycles. The summed E-state index contributed by atoms with van der Waals surface area (Å²) in [6, 6.07) is 16.3. The fraction of sp³-hybridized carbons (Fsp3) is 0.182. The Morgan fingerprint density at radius 3 is 2.30 bits per heavy atom. The molecule has 0 radical (unpaired) electrons. The third-order valence-electron chi connectivity index (χ3n) is 4.43. The molecule has 1 N–H and O–H groups in total. The van der Waals surface area contributed by atoms with Crippen LogP contribution in [0.3, 0.4) is 0 Å². The van der Waals surface area contributed by atoms with Crippen molar-refractivity contribution >= 4 is 21.6 Å². The molecule has 30 heavy (non-hydrogen) atoms. The number of non-ortho nitro benzene ring substituents is 1. The van der Waals surface area contributed by atoms with E-state index in [9.17, 15) is 14.5 Å². The number of ether oxygens (including phenoxy) is 2. The summed E-state index contributed by atoms with van der Waals surface area (Å²) in [6.07, 6.45) is 0. The van der Waals surface area contributed by atoms with E-state index in [1.165, 1.54) is 24.3 Å². The van der Waals surface area contributed by atoms with Gasteiger partial charge >= 0.3 is 0 Å². The van der Waals surface area contributed by atoms with Crippen molar-refractivity contribution in [2.75, 3.05) is 7.11 Å². The molecular formula is C22H20BrFN2O4. The summed E-state index contributed by atoms with van der Waals surface area (Å²) >= 11 is 3.56. The summed E-state index contributed by atoms with van der Waals surface area (Å²) in [4.78, 5) is 10.3. The SMILES string of the molecule is COc1cc(CNCc2ccc(F)cc2)c(Br)cc1OCc1ccc([N+](=O)[O-])cc1. The number of hydrogen-bond acceptors (Lipinski definition) is 5. The van der Waals surface area contributed by atoms with Gasteiger partial charge in [0.25, 0.3) is 5.69 Å². The Morgan fingerprint density at radius 2 is 1.67 bits per heavy atom. The largest absolute Gasteiger partial charge is 0.493 e. The van der Waals surface area contributed by atoms with E-state index < -0.39 is 4.92 Å². The minimum atomic E-state index is -0.437. The molecule has 156 valence electrons. The van der Waals surface area contributed by atoms with Crippen LogP contribution in [0, 0.1) is 15.9 Å². The maximum atomic E-state index is 13.0. The van der Waals surface area contributed by atoms with E-state index in [1.54, 1.807) is 31.4 Å². The van der Waals surface area contributed by atoms with Crippen molar-refractivity contribution in [2.45, 2.75) is 19.7 Å². The second kappa shape index (κ2) is 10.2. The van der Waals surface area contributed by atoms with Crippen molar-refractivity contribution in [3.05, 3.63) is 97.8 Å². The van der Waals surface area contributed by atoms with Crippen molar-refractivity contribution in [2.24, 2.45) is 0 Å². The van der Waals surface area contributed by atoms with Gasteiger partial charge in [-0.05, 0) is 53.1 Å². The number of hydrogen-bond donors (Lipinski definition) is 1. The Morgan fingerprint density at radius 1 is 1.00 bits per heavy atom. The van der Waals surface area contributed by atoms with Crippen LogP contribution < -0.4 is 14.8 Å². The van der Waals surface area contributed by atoms with Crippen LogP contribution in [-0.4, -0.2) is 12.0 Å². The van der Waals surface area contributed by atoms with Gasteiger partial charge in [-0.15, -0.1) is 0 Å². The van der Waals surface area contributed by atoms with Gasteiger partial charge in [0.15, 0.2) is 11.5 Å². The Balaban J connectivity index is 1.62. The van der Waals surface area contributed by atoms with Gasteiger partial charge in [-0.2, -0.15) is 0 Å². The minimum absolute atomic E-state index is 0.0385. The molecule has 0 amide bonds. The lowest BCUT2D eigenvalue weighted by atomic mass is 10.1. The average molecular weight is 475 g/mol. The zero-order valence-corrected chi connectivity index (χ0v) is 17.8. The molecule has 0 aliphatic heterocycles. The van der Waals surface area contributed by atoms with E-state index in [1.807, 2.05) is 12.1 Å². The van der Waals surface area contributed by atoms with Gasteiger partial charge in [-0.1, -0.05) is 28.1 Å². The number of nitrogens with zero attached hydrogens (tertiary/aromatic N) is 1. The molecule has 0 heterocycles. The molecule has 3 aromatic rings. The lowest BCUT2D eigenvalue weighted by Gasteiger charge is -2.14. The first-order valence-corrected chi connectivity index (χ1v) is 9.93. The van der Waals surface area contributed by atoms with Crippen molar-refractivity contribution in [3.8, 4) is 11.5 Å². The second-order valence-corrected chi connectivity index (χ2v) is 7.39. The molecule has 0 spiro atoms. The fourth-order valence-corrected chi connectivity index (χ4v) is 3.27. The van der Waals surface area contributed by atoms with E-state index in [4.69, 9.17) is 9.47 Å². The highest BCUT2D eigenvalue weighted by Crippen LogP contribution is 2.34. The first kappa shape index (κ1) is 21.7. The highest BCUT2D eigenvalue weighted by molar-refractivity contribution is 9.10. The number of nitrogens with one attached hydrogen (secondary N) is 1. The lowest BCUT2D eigenvalue weighted by Crippen LogP contribution is -2.13. The first-order valence-electron chi connectivity index (χ1n) is 9.14. The summed E-state index contributed by atoms with van der Waals surface area (Å²) in [6.45, 7) is 1.44. The Bertz CT molecular complexity index is 1010. The van der Waals surface area contributed by atoms with E-state index in [-0.39, 0.29) is 18.1 Å². The van der Waals surface area contributed by atoms with E-state index in [2.05, 4.69) is 21.2 Å². The van der Waals surface area contributed by atoms with Crippen LogP contribution >= 0.6 is 15.9 Å². The molecule has 0 saturated carbocycles. The predicted octanol–water partition coefficient (Wildman–Crippen LogP) is 5.37. The van der Waals surface area contributed by atoms with Crippen molar-refractivity contribution < 1.29 is 18.8 Å². The molecule has 0 aromatic heterocycles. The van der Waals surface area contributed by atoms with E-state index in [0.717, 1.165) is 21.2 Å². The molecule has 0 atom stereocenters. The van der Waals surface area contributed by atoms with Crippen molar-refractivity contribution in [1.82, 2.24) is 5.32 Å². The summed E-state index contributed by atoms with van der Waals surface area (Å²) in [7, 11) is 1.57. The summed E-state index contributed by atoms with van der Waals surface area (Å²) in [5, 5.41) is 14.1. The standard InChI is InChI=1S/C22H20BrFN2O4/c1-29-21-10-17(13-25-12-15-2-6-18(24)7-3-15)20(23)11-22(21)30-14-16-4-8-19(9-5-16)26(27)28/h2-11,25H,12-14H2,1H3. The Labute approximate surface area is 181 Å². The maximum Gasteiger partial charge on any atom is 0.269 e. The number of rotatable bonds is 9. The van der Waals surface area contributed by atoms with Gasteiger partial charge in [0.05, 0.1) is 12.0 Å². The number of halogens is 2. The molecular weight excluding hydrogens is 455 g/mol. The number of nitro benzene ring substituents is 1. The Hall–Kier alpha value is -2.97. The Kier molecular flexibility index (Phi) is 7.37. The third-order valence-corrected chi connectivity index (χ3v) is 5.17. The molecule has 0 aliphatic carbocycles. The van der Waals surface area contributed by atoms with Crippen molar-refractivity contribution in [3.63, 3.8) is 0 Å². The van der Waals surface area contributed by atoms with Crippen LogP contribution in [0.15, 0.2) is 65.1 Å². The van der Waals surface area contributed by atoms with Gasteiger partial charge < -0.3 is 14.8 Å². The van der Waals surface area contributed by atoms with Crippen molar-refractivity contribution in [1.29, 1.82) is 0 Å². The highest BCUT2D eigenvalue weighted by Gasteiger charge is 2.11. The lowest BCUT2D eigenvalue weighted by molar-refractivity contribution is -0.384. The van der Waals surface area contributed by atoms with Gasteiger partial charge in [0.1, 0.15) is 12.4 Å². The molecule has 3 rings (SSSR count). The number of nitro groups is 1. The maximum absolute atomic E-state index is 13.0. The van der Waals surface area contributed by atoms with E-state index in [0.29, 0.717) is 24.6 Å². The van der Waals surface area contributed by atoms with Crippen LogP contribution in [0.4, 0.5) is 10.1 Å². The average Bonchev–Trinajstić information content (AvgIpc) is 2.75. The van der Waals surface area contributed by atoms with Crippen LogP contribution in [0.5, 0.6) is 11.5 Å². The third kappa shape index (κ3) is 5.77. The molecule has 3 aromatic carbocycles.